The number of H-pyrrole nitrogens is 1. The Kier molecular flexibility index (Phi) is 3.39. The summed E-state index contributed by atoms with van der Waals surface area (Å²) in [5, 5.41) is 8.99. The molecule has 0 saturated carbocycles. The Labute approximate surface area is 111 Å². The van der Waals surface area contributed by atoms with Gasteiger partial charge in [-0.25, -0.2) is 0 Å². The number of pyridine rings is 1. The lowest BCUT2D eigenvalue weighted by molar-refractivity contribution is 0.416. The van der Waals surface area contributed by atoms with Crippen molar-refractivity contribution in [3.63, 3.8) is 0 Å². The minimum absolute atomic E-state index is 0.163. The summed E-state index contributed by atoms with van der Waals surface area (Å²) in [7, 11) is 1.59. The normalized spacial score (nSPS) is 10.0. The summed E-state index contributed by atoms with van der Waals surface area (Å²) >= 11 is 0. The summed E-state index contributed by atoms with van der Waals surface area (Å²) in [6.07, 6.45) is 0. The molecule has 0 aliphatic heterocycles. The van der Waals surface area contributed by atoms with Gasteiger partial charge in [-0.3, -0.25) is 4.79 Å². The van der Waals surface area contributed by atoms with Gasteiger partial charge in [-0.2, -0.15) is 5.26 Å². The maximum absolute atomic E-state index is 11.9. The van der Waals surface area contributed by atoms with Crippen LogP contribution in [0.25, 0.3) is 11.3 Å². The molecule has 0 bridgehead atoms. The van der Waals surface area contributed by atoms with Gasteiger partial charge in [-0.15, -0.1) is 0 Å². The number of hydrogen-bond donors (Lipinski definition) is 1. The number of nitrogens with one attached hydrogen (secondary N) is 1. The molecule has 0 fully saturated rings. The quantitative estimate of drug-likeness (QED) is 0.895. The fraction of sp³-hybridized carbons (Fsp3) is 0.200. The van der Waals surface area contributed by atoms with Crippen LogP contribution >= 0.6 is 0 Å². The van der Waals surface area contributed by atoms with Crippen molar-refractivity contribution in [2.24, 2.45) is 0 Å². The minimum atomic E-state index is -0.369. The van der Waals surface area contributed by atoms with Gasteiger partial charge in [-0.05, 0) is 37.1 Å². The smallest absolute Gasteiger partial charge is 0.266 e. The Morgan fingerprint density at radius 1 is 1.21 bits per heavy atom. The van der Waals surface area contributed by atoms with E-state index in [0.717, 1.165) is 11.1 Å². The lowest BCUT2D eigenvalue weighted by Crippen LogP contribution is -2.15. The van der Waals surface area contributed by atoms with Crippen LogP contribution in [0.3, 0.4) is 0 Å². The third-order valence-electron chi connectivity index (χ3n) is 3.27. The topological polar surface area (TPSA) is 65.9 Å². The third kappa shape index (κ3) is 2.11. The van der Waals surface area contributed by atoms with E-state index in [0.29, 0.717) is 17.0 Å². The molecule has 19 heavy (non-hydrogen) atoms. The van der Waals surface area contributed by atoms with Crippen molar-refractivity contribution in [2.45, 2.75) is 13.8 Å². The van der Waals surface area contributed by atoms with E-state index in [-0.39, 0.29) is 11.1 Å². The zero-order chi connectivity index (χ0) is 14.0. The number of aromatic amines is 1. The molecule has 0 aliphatic carbocycles. The van der Waals surface area contributed by atoms with Gasteiger partial charge >= 0.3 is 0 Å². The molecular formula is C15H14N2O2. The molecule has 1 aromatic heterocycles. The molecule has 0 spiro atoms. The van der Waals surface area contributed by atoms with Crippen LogP contribution in [0.15, 0.2) is 29.1 Å². The molecule has 1 N–H and O–H groups in total. The number of rotatable bonds is 2. The zero-order valence-corrected chi connectivity index (χ0v) is 11.1. The standard InChI is InChI=1S/C15H14N2O2/c1-9-10(2)14(17-15(18)12(9)8-16)11-6-4-5-7-13(11)19-3/h4-7H,1-3H3,(H,17,18). The Morgan fingerprint density at radius 2 is 1.89 bits per heavy atom. The molecule has 0 aliphatic rings. The van der Waals surface area contributed by atoms with Crippen LogP contribution in [0.1, 0.15) is 16.7 Å². The van der Waals surface area contributed by atoms with Crippen LogP contribution < -0.4 is 10.3 Å². The van der Waals surface area contributed by atoms with E-state index in [2.05, 4.69) is 4.98 Å². The molecule has 0 saturated heterocycles. The van der Waals surface area contributed by atoms with Crippen molar-refractivity contribution >= 4 is 0 Å². The van der Waals surface area contributed by atoms with Crippen LogP contribution in [0.2, 0.25) is 0 Å². The van der Waals surface area contributed by atoms with Gasteiger partial charge in [0.1, 0.15) is 17.4 Å². The molecule has 1 aromatic carbocycles. The number of ether oxygens (including phenoxy) is 1. The molecule has 2 rings (SSSR count). The Hall–Kier alpha value is -2.54. The summed E-state index contributed by atoms with van der Waals surface area (Å²) < 4.78 is 5.30. The third-order valence-corrected chi connectivity index (χ3v) is 3.27. The van der Waals surface area contributed by atoms with Crippen LogP contribution in [0, 0.1) is 25.2 Å². The van der Waals surface area contributed by atoms with Crippen LogP contribution in [-0.4, -0.2) is 12.1 Å². The van der Waals surface area contributed by atoms with Crippen LogP contribution in [-0.2, 0) is 0 Å². The highest BCUT2D eigenvalue weighted by molar-refractivity contribution is 5.71. The van der Waals surface area contributed by atoms with E-state index in [1.54, 1.807) is 14.0 Å². The molecule has 0 atom stereocenters. The van der Waals surface area contributed by atoms with Crippen molar-refractivity contribution < 1.29 is 4.74 Å². The second-order valence-corrected chi connectivity index (χ2v) is 4.27. The number of aromatic nitrogens is 1. The SMILES string of the molecule is COc1ccccc1-c1[nH]c(=O)c(C#N)c(C)c1C. The van der Waals surface area contributed by atoms with Crippen molar-refractivity contribution in [3.05, 3.63) is 51.3 Å². The molecule has 0 radical (unpaired) electrons. The van der Waals surface area contributed by atoms with E-state index in [1.165, 1.54) is 0 Å². The second-order valence-electron chi connectivity index (χ2n) is 4.27. The number of hydrogen-bond acceptors (Lipinski definition) is 3. The number of para-hydroxylation sites is 1. The molecular weight excluding hydrogens is 240 g/mol. The fourth-order valence-electron chi connectivity index (χ4n) is 2.07. The predicted octanol–water partition coefficient (Wildman–Crippen LogP) is 2.54. The number of benzene rings is 1. The first-order chi connectivity index (χ1) is 9.10. The number of methoxy groups -OCH3 is 1. The molecule has 1 heterocycles. The average Bonchev–Trinajstić information content (AvgIpc) is 2.43. The first-order valence-corrected chi connectivity index (χ1v) is 5.87. The number of nitrogens with zero attached hydrogens (tertiary/aromatic N) is 1. The largest absolute Gasteiger partial charge is 0.496 e. The number of nitriles is 1. The van der Waals surface area contributed by atoms with Crippen LogP contribution in [0.5, 0.6) is 5.75 Å². The highest BCUT2D eigenvalue weighted by Gasteiger charge is 2.14. The van der Waals surface area contributed by atoms with Gasteiger partial charge < -0.3 is 9.72 Å². The van der Waals surface area contributed by atoms with Crippen molar-refractivity contribution in [3.8, 4) is 23.1 Å². The van der Waals surface area contributed by atoms with E-state index < -0.39 is 0 Å². The summed E-state index contributed by atoms with van der Waals surface area (Å²) in [4.78, 5) is 14.7. The minimum Gasteiger partial charge on any atom is -0.496 e. The maximum atomic E-state index is 11.9. The second kappa shape index (κ2) is 4.99. The molecule has 0 unspecified atom stereocenters. The fourth-order valence-corrected chi connectivity index (χ4v) is 2.07. The molecule has 0 amide bonds. The van der Waals surface area contributed by atoms with E-state index >= 15 is 0 Å². The Morgan fingerprint density at radius 3 is 2.53 bits per heavy atom. The predicted molar refractivity (Wildman–Crippen MR) is 73.2 cm³/mol. The zero-order valence-electron chi connectivity index (χ0n) is 11.1. The molecule has 2 aromatic rings. The van der Waals surface area contributed by atoms with Gasteiger partial charge in [0.2, 0.25) is 0 Å². The van der Waals surface area contributed by atoms with Crippen molar-refractivity contribution in [2.75, 3.05) is 7.11 Å². The Bertz CT molecular complexity index is 724. The van der Waals surface area contributed by atoms with E-state index in [1.807, 2.05) is 37.3 Å². The van der Waals surface area contributed by atoms with Gasteiger partial charge in [0, 0.05) is 5.56 Å². The first kappa shape index (κ1) is 12.9. The summed E-state index contributed by atoms with van der Waals surface area (Å²) in [5.41, 5.74) is 2.88. The molecule has 4 nitrogen and oxygen atoms in total. The van der Waals surface area contributed by atoms with Crippen LogP contribution in [0.4, 0.5) is 0 Å². The average molecular weight is 254 g/mol. The molecule has 96 valence electrons. The van der Waals surface area contributed by atoms with E-state index in [4.69, 9.17) is 10.00 Å². The van der Waals surface area contributed by atoms with Gasteiger partial charge in [0.25, 0.3) is 5.56 Å². The first-order valence-electron chi connectivity index (χ1n) is 5.87. The van der Waals surface area contributed by atoms with E-state index in [9.17, 15) is 4.79 Å². The van der Waals surface area contributed by atoms with Gasteiger partial charge in [-0.1, -0.05) is 12.1 Å². The van der Waals surface area contributed by atoms with Gasteiger partial charge in [0.05, 0.1) is 12.8 Å². The summed E-state index contributed by atoms with van der Waals surface area (Å²) in [6, 6.07) is 9.39. The lowest BCUT2D eigenvalue weighted by atomic mass is 9.99. The molecule has 4 heteroatoms. The maximum Gasteiger partial charge on any atom is 0.266 e. The summed E-state index contributed by atoms with van der Waals surface area (Å²) in [6.45, 7) is 3.66. The van der Waals surface area contributed by atoms with Crippen molar-refractivity contribution in [1.82, 2.24) is 4.98 Å². The highest BCUT2D eigenvalue weighted by atomic mass is 16.5. The Balaban J connectivity index is 2.78. The summed E-state index contributed by atoms with van der Waals surface area (Å²) in [5.74, 6) is 0.686. The van der Waals surface area contributed by atoms with Gasteiger partial charge in [0.15, 0.2) is 0 Å². The monoisotopic (exact) mass is 254 g/mol. The highest BCUT2D eigenvalue weighted by Crippen LogP contribution is 2.31. The lowest BCUT2D eigenvalue weighted by Gasteiger charge is -2.13. The van der Waals surface area contributed by atoms with Crippen molar-refractivity contribution in [1.29, 1.82) is 5.26 Å².